The number of benzene rings is 1. The SMILES string of the molecule is CSc1nc2nc(C)c(CC(=O)N3CC(C(=O)N4CCCCC4)Oc4ccccc43)c(C)n2n1. The molecule has 1 atom stereocenters. The third kappa shape index (κ3) is 4.11. The Hall–Kier alpha value is -3.14. The number of amides is 2. The molecule has 178 valence electrons. The number of rotatable bonds is 4. The second-order valence-corrected chi connectivity index (χ2v) is 9.49. The third-order valence-corrected chi connectivity index (χ3v) is 7.10. The molecule has 34 heavy (non-hydrogen) atoms. The van der Waals surface area contributed by atoms with E-state index >= 15 is 0 Å². The fourth-order valence-electron chi connectivity index (χ4n) is 4.70. The van der Waals surface area contributed by atoms with Crippen molar-refractivity contribution in [3.8, 4) is 5.75 Å². The molecule has 10 heteroatoms. The molecule has 0 spiro atoms. The molecular formula is C24H28N6O3S. The van der Waals surface area contributed by atoms with Gasteiger partial charge in [0.25, 0.3) is 11.7 Å². The van der Waals surface area contributed by atoms with Crippen molar-refractivity contribution in [2.45, 2.75) is 50.8 Å². The van der Waals surface area contributed by atoms with Gasteiger partial charge in [-0.3, -0.25) is 9.59 Å². The van der Waals surface area contributed by atoms with Crippen LogP contribution in [0.15, 0.2) is 29.4 Å². The Balaban J connectivity index is 1.44. The molecule has 3 aromatic rings. The van der Waals surface area contributed by atoms with Crippen LogP contribution in [-0.2, 0) is 16.0 Å². The molecule has 0 N–H and O–H groups in total. The first-order valence-electron chi connectivity index (χ1n) is 11.6. The van der Waals surface area contributed by atoms with Crippen LogP contribution >= 0.6 is 11.8 Å². The van der Waals surface area contributed by atoms with Gasteiger partial charge in [-0.2, -0.15) is 4.98 Å². The van der Waals surface area contributed by atoms with Crippen molar-refractivity contribution in [2.24, 2.45) is 0 Å². The molecule has 4 heterocycles. The Bertz CT molecular complexity index is 1250. The Morgan fingerprint density at radius 1 is 1.12 bits per heavy atom. The van der Waals surface area contributed by atoms with E-state index < -0.39 is 6.10 Å². The van der Waals surface area contributed by atoms with Crippen molar-refractivity contribution in [1.82, 2.24) is 24.5 Å². The quantitative estimate of drug-likeness (QED) is 0.530. The molecule has 0 radical (unpaired) electrons. The number of ether oxygens (including phenoxy) is 1. The highest BCUT2D eigenvalue weighted by atomic mass is 32.2. The van der Waals surface area contributed by atoms with E-state index in [0.29, 0.717) is 22.4 Å². The van der Waals surface area contributed by atoms with Gasteiger partial charge in [0.05, 0.1) is 18.7 Å². The first kappa shape index (κ1) is 22.6. The lowest BCUT2D eigenvalue weighted by Crippen LogP contribution is -2.53. The zero-order valence-electron chi connectivity index (χ0n) is 19.7. The molecule has 0 aliphatic carbocycles. The van der Waals surface area contributed by atoms with Crippen LogP contribution in [0.2, 0.25) is 0 Å². The van der Waals surface area contributed by atoms with Gasteiger partial charge < -0.3 is 14.5 Å². The highest BCUT2D eigenvalue weighted by Gasteiger charge is 2.36. The molecule has 0 saturated carbocycles. The Morgan fingerprint density at radius 3 is 2.65 bits per heavy atom. The van der Waals surface area contributed by atoms with Crippen LogP contribution in [0, 0.1) is 13.8 Å². The maximum atomic E-state index is 13.6. The lowest BCUT2D eigenvalue weighted by Gasteiger charge is -2.37. The van der Waals surface area contributed by atoms with E-state index in [4.69, 9.17) is 4.74 Å². The van der Waals surface area contributed by atoms with E-state index in [0.717, 1.165) is 49.3 Å². The number of aryl methyl sites for hydroxylation is 2. The van der Waals surface area contributed by atoms with Crippen molar-refractivity contribution in [2.75, 3.05) is 30.8 Å². The van der Waals surface area contributed by atoms with Gasteiger partial charge in [-0.05, 0) is 51.5 Å². The topological polar surface area (TPSA) is 92.9 Å². The number of piperidine rings is 1. The molecule has 9 nitrogen and oxygen atoms in total. The summed E-state index contributed by atoms with van der Waals surface area (Å²) in [6, 6.07) is 7.40. The number of anilines is 1. The van der Waals surface area contributed by atoms with Gasteiger partial charge in [0, 0.05) is 30.0 Å². The van der Waals surface area contributed by atoms with Crippen molar-refractivity contribution in [3.63, 3.8) is 0 Å². The summed E-state index contributed by atoms with van der Waals surface area (Å²) < 4.78 is 7.77. The number of hydrogen-bond acceptors (Lipinski definition) is 7. The van der Waals surface area contributed by atoms with Crippen molar-refractivity contribution < 1.29 is 14.3 Å². The van der Waals surface area contributed by atoms with Crippen LogP contribution in [0.1, 0.15) is 36.2 Å². The van der Waals surface area contributed by atoms with E-state index in [1.807, 2.05) is 49.3 Å². The summed E-state index contributed by atoms with van der Waals surface area (Å²) >= 11 is 1.45. The largest absolute Gasteiger partial charge is 0.476 e. The Kier molecular flexibility index (Phi) is 6.16. The molecule has 2 aliphatic rings. The summed E-state index contributed by atoms with van der Waals surface area (Å²) in [6.07, 6.45) is 4.51. The van der Waals surface area contributed by atoms with E-state index in [1.54, 1.807) is 9.42 Å². The number of para-hydroxylation sites is 2. The monoisotopic (exact) mass is 480 g/mol. The lowest BCUT2D eigenvalue weighted by atomic mass is 10.1. The average molecular weight is 481 g/mol. The number of nitrogens with zero attached hydrogens (tertiary/aromatic N) is 6. The highest BCUT2D eigenvalue weighted by molar-refractivity contribution is 7.98. The van der Waals surface area contributed by atoms with E-state index in [9.17, 15) is 9.59 Å². The van der Waals surface area contributed by atoms with Crippen LogP contribution in [0.5, 0.6) is 5.75 Å². The summed E-state index contributed by atoms with van der Waals surface area (Å²) in [4.78, 5) is 39.4. The third-order valence-electron chi connectivity index (χ3n) is 6.56. The molecule has 1 fully saturated rings. The molecule has 1 saturated heterocycles. The van der Waals surface area contributed by atoms with Crippen molar-refractivity contribution in [3.05, 3.63) is 41.2 Å². The first-order chi connectivity index (χ1) is 16.5. The number of thioether (sulfide) groups is 1. The second kappa shape index (κ2) is 9.25. The van der Waals surface area contributed by atoms with Crippen LogP contribution < -0.4 is 9.64 Å². The van der Waals surface area contributed by atoms with Crippen LogP contribution in [0.4, 0.5) is 5.69 Å². The van der Waals surface area contributed by atoms with Crippen LogP contribution in [0.3, 0.4) is 0 Å². The van der Waals surface area contributed by atoms with Crippen LogP contribution in [-0.4, -0.2) is 68.3 Å². The van der Waals surface area contributed by atoms with Crippen LogP contribution in [0.25, 0.3) is 5.78 Å². The van der Waals surface area contributed by atoms with Gasteiger partial charge in [0.15, 0.2) is 6.10 Å². The van der Waals surface area contributed by atoms with E-state index in [2.05, 4.69) is 15.1 Å². The van der Waals surface area contributed by atoms with Gasteiger partial charge in [-0.15, -0.1) is 5.10 Å². The average Bonchev–Trinajstić information content (AvgIpc) is 3.29. The summed E-state index contributed by atoms with van der Waals surface area (Å²) in [6.45, 7) is 5.50. The highest BCUT2D eigenvalue weighted by Crippen LogP contribution is 2.34. The number of carbonyl (C=O) groups is 2. The molecule has 0 bridgehead atoms. The van der Waals surface area contributed by atoms with Crippen molar-refractivity contribution in [1.29, 1.82) is 0 Å². The molecule has 1 aromatic carbocycles. The lowest BCUT2D eigenvalue weighted by molar-refractivity contribution is -0.139. The minimum Gasteiger partial charge on any atom is -0.476 e. The molecular weight excluding hydrogens is 452 g/mol. The molecule has 2 aromatic heterocycles. The number of aromatic nitrogens is 4. The predicted octanol–water partition coefficient (Wildman–Crippen LogP) is 2.81. The summed E-state index contributed by atoms with van der Waals surface area (Å²) in [5.41, 5.74) is 3.09. The van der Waals surface area contributed by atoms with Gasteiger partial charge >= 0.3 is 0 Å². The number of hydrogen-bond donors (Lipinski definition) is 0. The zero-order chi connectivity index (χ0) is 23.8. The zero-order valence-corrected chi connectivity index (χ0v) is 20.5. The van der Waals surface area contributed by atoms with Crippen molar-refractivity contribution >= 4 is 35.0 Å². The fraction of sp³-hybridized carbons (Fsp3) is 0.458. The Morgan fingerprint density at radius 2 is 1.88 bits per heavy atom. The minimum atomic E-state index is -0.709. The van der Waals surface area contributed by atoms with Gasteiger partial charge in [-0.1, -0.05) is 23.9 Å². The molecule has 1 unspecified atom stereocenters. The fourth-order valence-corrected chi connectivity index (χ4v) is 5.03. The van der Waals surface area contributed by atoms with Gasteiger partial charge in [0.1, 0.15) is 5.75 Å². The number of fused-ring (bicyclic) bond motifs is 2. The summed E-state index contributed by atoms with van der Waals surface area (Å²) in [7, 11) is 0. The molecule has 5 rings (SSSR count). The predicted molar refractivity (Wildman–Crippen MR) is 129 cm³/mol. The summed E-state index contributed by atoms with van der Waals surface area (Å²) in [5, 5.41) is 5.12. The smallest absolute Gasteiger partial charge is 0.265 e. The summed E-state index contributed by atoms with van der Waals surface area (Å²) in [5.74, 6) is 0.930. The maximum Gasteiger partial charge on any atom is 0.265 e. The molecule has 2 aliphatic heterocycles. The second-order valence-electron chi connectivity index (χ2n) is 8.71. The van der Waals surface area contributed by atoms with Gasteiger partial charge in [0.2, 0.25) is 11.1 Å². The van der Waals surface area contributed by atoms with Gasteiger partial charge in [-0.25, -0.2) is 9.50 Å². The minimum absolute atomic E-state index is 0.0466. The number of likely N-dealkylation sites (tertiary alicyclic amines) is 1. The first-order valence-corrected chi connectivity index (χ1v) is 12.8. The van der Waals surface area contributed by atoms with E-state index in [-0.39, 0.29) is 24.8 Å². The maximum absolute atomic E-state index is 13.6. The molecule has 2 amide bonds. The normalized spacial score (nSPS) is 18.0. The van der Waals surface area contributed by atoms with E-state index in [1.165, 1.54) is 11.8 Å². The number of carbonyl (C=O) groups excluding carboxylic acids is 2. The standard InChI is InChI=1S/C24H28N6O3S/c1-15-17(16(2)30-23(25-15)26-24(27-30)34-3)13-21(31)29-14-20(22(32)28-11-7-4-8-12-28)33-19-10-6-5-9-18(19)29/h5-6,9-10,20H,4,7-8,11-14H2,1-3H3. The Labute approximate surface area is 202 Å².